The molecule has 0 saturated heterocycles. The van der Waals surface area contributed by atoms with E-state index in [0.29, 0.717) is 0 Å². The van der Waals surface area contributed by atoms with Gasteiger partial charge in [-0.2, -0.15) is 0 Å². The van der Waals surface area contributed by atoms with Gasteiger partial charge in [-0.15, -0.1) is 0 Å². The first-order valence-corrected chi connectivity index (χ1v) is 5.59. The largest absolute Gasteiger partial charge is 0.326 e. The first-order valence-electron chi connectivity index (χ1n) is 3.79. The van der Waals surface area contributed by atoms with Gasteiger partial charge in [-0.05, 0) is 12.8 Å². The number of hydrogen-bond acceptors (Lipinski definition) is 2. The number of ketones is 1. The lowest BCUT2D eigenvalue weighted by molar-refractivity contribution is -0.121. The average molecular weight is 194 g/mol. The van der Waals surface area contributed by atoms with Crippen molar-refractivity contribution in [3.63, 3.8) is 0 Å². The first-order chi connectivity index (χ1) is 5.24. The molecule has 0 aromatic heterocycles. The summed E-state index contributed by atoms with van der Waals surface area (Å²) < 4.78 is 10.6. The molecule has 0 rings (SSSR count). The van der Waals surface area contributed by atoms with E-state index in [1.807, 2.05) is 0 Å². The molecule has 72 valence electrons. The molecule has 5 heteroatoms. The minimum absolute atomic E-state index is 0.0184. The summed E-state index contributed by atoms with van der Waals surface area (Å²) in [5.41, 5.74) is 0. The maximum absolute atomic E-state index is 10.9. The third-order valence-electron chi connectivity index (χ3n) is 1.76. The van der Waals surface area contributed by atoms with E-state index in [1.165, 1.54) is 6.92 Å². The van der Waals surface area contributed by atoms with Crippen LogP contribution in [0.2, 0.25) is 0 Å². The molecule has 1 unspecified atom stereocenters. The fourth-order valence-corrected chi connectivity index (χ4v) is 2.26. The molecule has 12 heavy (non-hydrogen) atoms. The van der Waals surface area contributed by atoms with E-state index in [4.69, 9.17) is 9.79 Å². The van der Waals surface area contributed by atoms with Crippen LogP contribution in [0.5, 0.6) is 0 Å². The minimum atomic E-state index is -4.05. The highest BCUT2D eigenvalue weighted by molar-refractivity contribution is 7.51. The molecular weight excluding hydrogens is 179 g/mol. The van der Waals surface area contributed by atoms with E-state index in [-0.39, 0.29) is 17.9 Å². The molecule has 0 aliphatic rings. The zero-order valence-corrected chi connectivity index (χ0v) is 8.41. The zero-order chi connectivity index (χ0) is 9.94. The van der Waals surface area contributed by atoms with Crippen LogP contribution in [0.1, 0.15) is 20.8 Å². The van der Waals surface area contributed by atoms with Crippen LogP contribution in [0, 0.1) is 11.8 Å². The maximum atomic E-state index is 10.9. The van der Waals surface area contributed by atoms with Crippen LogP contribution in [-0.2, 0) is 9.36 Å². The molecule has 0 radical (unpaired) electrons. The molecule has 0 aromatic rings. The van der Waals surface area contributed by atoms with Crippen molar-refractivity contribution >= 4 is 13.4 Å². The third-order valence-corrected chi connectivity index (χ3v) is 2.63. The summed E-state index contributed by atoms with van der Waals surface area (Å²) in [6.45, 7) is 4.92. The Kier molecular flexibility index (Phi) is 4.11. The van der Waals surface area contributed by atoms with Gasteiger partial charge in [0.05, 0.1) is 6.16 Å². The summed E-state index contributed by atoms with van der Waals surface area (Å²) in [4.78, 5) is 28.2. The Bertz CT molecular complexity index is 205. The number of rotatable bonds is 4. The second-order valence-corrected chi connectivity index (χ2v) is 5.00. The van der Waals surface area contributed by atoms with Crippen LogP contribution in [0.4, 0.5) is 0 Å². The molecule has 0 heterocycles. The lowest BCUT2D eigenvalue weighted by Crippen LogP contribution is -2.21. The highest BCUT2D eigenvalue weighted by atomic mass is 31.2. The lowest BCUT2D eigenvalue weighted by atomic mass is 9.94. The van der Waals surface area contributed by atoms with Crippen molar-refractivity contribution in [1.82, 2.24) is 0 Å². The van der Waals surface area contributed by atoms with Crippen molar-refractivity contribution in [2.24, 2.45) is 11.8 Å². The maximum Gasteiger partial charge on any atom is 0.326 e. The molecule has 4 nitrogen and oxygen atoms in total. The third kappa shape index (κ3) is 4.65. The number of Topliss-reactive ketones (excluding diaryl/α,β-unsaturated/α-hetero) is 1. The predicted molar refractivity (Wildman–Crippen MR) is 45.9 cm³/mol. The Balaban J connectivity index is 4.35. The van der Waals surface area contributed by atoms with Gasteiger partial charge in [-0.25, -0.2) is 0 Å². The van der Waals surface area contributed by atoms with Crippen molar-refractivity contribution in [1.29, 1.82) is 0 Å². The Morgan fingerprint density at radius 2 is 1.83 bits per heavy atom. The molecule has 1 atom stereocenters. The average Bonchev–Trinajstić information content (AvgIpc) is 1.79. The number of carbonyl (C=O) groups excluding carboxylic acids is 1. The van der Waals surface area contributed by atoms with Crippen molar-refractivity contribution in [2.75, 3.05) is 6.16 Å². The van der Waals surface area contributed by atoms with Gasteiger partial charge < -0.3 is 9.79 Å². The van der Waals surface area contributed by atoms with E-state index in [9.17, 15) is 9.36 Å². The van der Waals surface area contributed by atoms with E-state index in [2.05, 4.69) is 0 Å². The second-order valence-electron chi connectivity index (χ2n) is 3.31. The van der Waals surface area contributed by atoms with Crippen LogP contribution < -0.4 is 0 Å². The molecule has 0 aliphatic heterocycles. The molecule has 0 bridgehead atoms. The zero-order valence-electron chi connectivity index (χ0n) is 7.52. The molecule has 0 aliphatic carbocycles. The van der Waals surface area contributed by atoms with E-state index >= 15 is 0 Å². The van der Waals surface area contributed by atoms with Crippen molar-refractivity contribution in [3.05, 3.63) is 0 Å². The monoisotopic (exact) mass is 194 g/mol. The smallest absolute Gasteiger partial charge is 0.324 e. The van der Waals surface area contributed by atoms with Crippen molar-refractivity contribution in [2.45, 2.75) is 20.8 Å². The van der Waals surface area contributed by atoms with Gasteiger partial charge in [-0.3, -0.25) is 9.36 Å². The minimum Gasteiger partial charge on any atom is -0.324 e. The fourth-order valence-electron chi connectivity index (χ4n) is 1.07. The topological polar surface area (TPSA) is 74.6 Å². The molecule has 2 N–H and O–H groups in total. The Hall–Kier alpha value is -0.180. The summed E-state index contributed by atoms with van der Waals surface area (Å²) >= 11 is 0. The molecule has 0 saturated carbocycles. The number of hydrogen-bond donors (Lipinski definition) is 2. The van der Waals surface area contributed by atoms with Crippen molar-refractivity contribution < 1.29 is 19.1 Å². The summed E-state index contributed by atoms with van der Waals surface area (Å²) in [7, 11) is -4.05. The van der Waals surface area contributed by atoms with E-state index in [0.717, 1.165) is 0 Å². The Morgan fingerprint density at radius 1 is 1.42 bits per heavy atom. The Labute approximate surface area is 72.1 Å². The van der Waals surface area contributed by atoms with Gasteiger partial charge in [0.15, 0.2) is 0 Å². The van der Waals surface area contributed by atoms with E-state index < -0.39 is 13.5 Å². The Morgan fingerprint density at radius 3 is 1.92 bits per heavy atom. The van der Waals surface area contributed by atoms with Crippen LogP contribution in [0.25, 0.3) is 0 Å². The van der Waals surface area contributed by atoms with Gasteiger partial charge in [0, 0.05) is 5.92 Å². The lowest BCUT2D eigenvalue weighted by Gasteiger charge is -2.17. The van der Waals surface area contributed by atoms with Gasteiger partial charge in [-0.1, -0.05) is 13.8 Å². The van der Waals surface area contributed by atoms with Crippen LogP contribution in [-0.4, -0.2) is 21.7 Å². The standard InChI is InChI=1S/C7H15O4P/c1-5(2)7(6(3)8)4-12(9,10)11/h5,7H,4H2,1-3H3,(H2,9,10,11). The highest BCUT2D eigenvalue weighted by Gasteiger charge is 2.27. The highest BCUT2D eigenvalue weighted by Crippen LogP contribution is 2.38. The molecule has 0 amide bonds. The normalized spacial score (nSPS) is 14.8. The summed E-state index contributed by atoms with van der Waals surface area (Å²) in [6, 6.07) is 0. The quantitative estimate of drug-likeness (QED) is 0.655. The molecule has 0 aromatic carbocycles. The SMILES string of the molecule is CC(=O)C(CP(=O)(O)O)C(C)C. The van der Waals surface area contributed by atoms with Gasteiger partial charge in [0.1, 0.15) is 5.78 Å². The van der Waals surface area contributed by atoms with Gasteiger partial charge in [0.25, 0.3) is 0 Å². The summed E-state index contributed by atoms with van der Waals surface area (Å²) in [6.07, 6.45) is -0.333. The van der Waals surface area contributed by atoms with Crippen LogP contribution in [0.15, 0.2) is 0 Å². The van der Waals surface area contributed by atoms with Crippen LogP contribution in [0.3, 0.4) is 0 Å². The van der Waals surface area contributed by atoms with Gasteiger partial charge in [0.2, 0.25) is 0 Å². The number of carbonyl (C=O) groups is 1. The van der Waals surface area contributed by atoms with E-state index in [1.54, 1.807) is 13.8 Å². The van der Waals surface area contributed by atoms with Gasteiger partial charge >= 0.3 is 7.60 Å². The predicted octanol–water partition coefficient (Wildman–Crippen LogP) is 1.03. The summed E-state index contributed by atoms with van der Waals surface area (Å²) in [5.74, 6) is -0.700. The second kappa shape index (κ2) is 4.17. The first kappa shape index (κ1) is 11.8. The van der Waals surface area contributed by atoms with Crippen LogP contribution >= 0.6 is 7.60 Å². The fraction of sp³-hybridized carbons (Fsp3) is 0.857. The molecular formula is C7H15O4P. The molecule has 0 fully saturated rings. The summed E-state index contributed by atoms with van der Waals surface area (Å²) in [5, 5.41) is 0. The molecule has 0 spiro atoms. The van der Waals surface area contributed by atoms with Crippen molar-refractivity contribution in [3.8, 4) is 0 Å².